The molecule has 4 bridgehead atoms. The van der Waals surface area contributed by atoms with E-state index in [4.69, 9.17) is 14.3 Å². The number of ether oxygens (including phenoxy) is 2. The summed E-state index contributed by atoms with van der Waals surface area (Å²) in [6.45, 7) is 2.07. The number of hydrogen-bond donors (Lipinski definition) is 2. The summed E-state index contributed by atoms with van der Waals surface area (Å²) in [6.07, 6.45) is 2.61. The lowest BCUT2D eigenvalue weighted by Gasteiger charge is -2.19. The molecule has 168 valence electrons. The van der Waals surface area contributed by atoms with Crippen LogP contribution in [0.4, 0.5) is 20.4 Å². The molecule has 2 N–H and O–H groups in total. The minimum absolute atomic E-state index is 0.0297. The number of nitrogens with zero attached hydrogens (tertiary/aromatic N) is 2. The Bertz CT molecular complexity index is 1270. The van der Waals surface area contributed by atoms with Crippen LogP contribution in [0.1, 0.15) is 18.9 Å². The monoisotopic (exact) mass is 460 g/mol. The first-order chi connectivity index (χ1) is 15.2. The topological polar surface area (TPSA) is 97.2 Å². The van der Waals surface area contributed by atoms with Gasteiger partial charge < -0.3 is 14.8 Å². The zero-order valence-electron chi connectivity index (χ0n) is 17.5. The molecule has 0 spiro atoms. The number of rotatable bonds is 2. The van der Waals surface area contributed by atoms with Crippen molar-refractivity contribution in [3.8, 4) is 22.8 Å². The third-order valence-electron chi connectivity index (χ3n) is 4.73. The van der Waals surface area contributed by atoms with Gasteiger partial charge in [0.2, 0.25) is 5.95 Å². The number of aromatic nitrogens is 2. The van der Waals surface area contributed by atoms with Crippen LogP contribution in [0.3, 0.4) is 0 Å². The van der Waals surface area contributed by atoms with Gasteiger partial charge in [-0.2, -0.15) is 0 Å². The second-order valence-corrected chi connectivity index (χ2v) is 10.0. The maximum atomic E-state index is 14.6. The molecule has 2 aromatic carbocycles. The van der Waals surface area contributed by atoms with Gasteiger partial charge in [0.25, 0.3) is 0 Å². The van der Waals surface area contributed by atoms with Gasteiger partial charge in [-0.3, -0.25) is 4.78 Å². The summed E-state index contributed by atoms with van der Waals surface area (Å²) in [5.74, 6) is -0.353. The Morgan fingerprint density at radius 3 is 2.84 bits per heavy atom. The molecule has 32 heavy (non-hydrogen) atoms. The molecule has 0 radical (unpaired) electrons. The third-order valence-corrected chi connectivity index (χ3v) is 5.61. The average molecular weight is 461 g/mol. The van der Waals surface area contributed by atoms with Crippen LogP contribution in [0.5, 0.6) is 11.5 Å². The molecule has 1 aliphatic heterocycles. The Kier molecular flexibility index (Phi) is 5.96. The van der Waals surface area contributed by atoms with Crippen molar-refractivity contribution in [3.05, 3.63) is 59.8 Å². The lowest BCUT2D eigenvalue weighted by Crippen LogP contribution is -2.16. The summed E-state index contributed by atoms with van der Waals surface area (Å²) in [5, 5.41) is 3.01. The molecule has 7 nitrogen and oxygen atoms in total. The normalized spacial score (nSPS) is 17.6. The first kappa shape index (κ1) is 21.9. The van der Waals surface area contributed by atoms with E-state index in [0.29, 0.717) is 29.0 Å². The summed E-state index contributed by atoms with van der Waals surface area (Å²) in [7, 11) is -2.78. The largest absolute Gasteiger partial charge is 0.493 e. The highest BCUT2D eigenvalue weighted by Crippen LogP contribution is 2.33. The van der Waals surface area contributed by atoms with Gasteiger partial charge in [0.05, 0.1) is 24.7 Å². The van der Waals surface area contributed by atoms with Crippen molar-refractivity contribution in [2.24, 2.45) is 0 Å². The molecular weight excluding hydrogens is 438 g/mol. The van der Waals surface area contributed by atoms with Crippen molar-refractivity contribution < 1.29 is 22.5 Å². The number of benzene rings is 2. The Labute approximate surface area is 184 Å². The van der Waals surface area contributed by atoms with Crippen LogP contribution in [0.15, 0.2) is 42.6 Å². The van der Waals surface area contributed by atoms with E-state index in [2.05, 4.69) is 15.3 Å². The number of halogens is 2. The molecule has 0 saturated carbocycles. The first-order valence-electron chi connectivity index (χ1n) is 9.91. The molecule has 0 unspecified atom stereocenters. The van der Waals surface area contributed by atoms with Gasteiger partial charge in [-0.25, -0.2) is 23.0 Å². The Hall–Kier alpha value is -3.27. The van der Waals surface area contributed by atoms with Gasteiger partial charge in [0.15, 0.2) is 5.82 Å². The zero-order valence-corrected chi connectivity index (χ0v) is 18.3. The van der Waals surface area contributed by atoms with Crippen molar-refractivity contribution in [2.45, 2.75) is 25.2 Å². The Morgan fingerprint density at radius 2 is 2.06 bits per heavy atom. The molecule has 1 aromatic heterocycles. The van der Waals surface area contributed by atoms with Crippen molar-refractivity contribution in [2.75, 3.05) is 18.2 Å². The molecule has 0 amide bonds. The van der Waals surface area contributed by atoms with Crippen LogP contribution < -0.4 is 14.8 Å². The van der Waals surface area contributed by atoms with E-state index in [1.807, 2.05) is 6.92 Å². The van der Waals surface area contributed by atoms with Crippen molar-refractivity contribution in [1.29, 1.82) is 4.78 Å². The van der Waals surface area contributed by atoms with E-state index < -0.39 is 21.4 Å². The highest BCUT2D eigenvalue weighted by Gasteiger charge is 2.18. The summed E-state index contributed by atoms with van der Waals surface area (Å²) in [6, 6.07) is 9.00. The van der Waals surface area contributed by atoms with Gasteiger partial charge in [-0.15, -0.1) is 0 Å². The molecule has 1 aliphatic rings. The lowest BCUT2D eigenvalue weighted by molar-refractivity contribution is 0.177. The zero-order chi connectivity index (χ0) is 22.9. The van der Waals surface area contributed by atoms with Crippen LogP contribution in [0.2, 0.25) is 0 Å². The Balaban J connectivity index is 1.82. The van der Waals surface area contributed by atoms with Crippen molar-refractivity contribution in [1.82, 2.24) is 9.97 Å². The maximum absolute atomic E-state index is 14.6. The van der Waals surface area contributed by atoms with Crippen molar-refractivity contribution >= 4 is 21.4 Å². The third kappa shape index (κ3) is 5.31. The molecule has 10 heteroatoms. The van der Waals surface area contributed by atoms with Crippen LogP contribution >= 0.6 is 0 Å². The van der Waals surface area contributed by atoms with E-state index in [1.165, 1.54) is 24.5 Å². The SMILES string of the molecule is C[C@H]1CCOc2cc(F)ccc2-c2nc(ncc2F)Nc2cc(C[S@@](C)(=N)=O)cc(c2)O1. The van der Waals surface area contributed by atoms with E-state index in [-0.39, 0.29) is 35.9 Å². The molecule has 0 aliphatic carbocycles. The maximum Gasteiger partial charge on any atom is 0.227 e. The quantitative estimate of drug-likeness (QED) is 0.565. The van der Waals surface area contributed by atoms with Crippen molar-refractivity contribution in [3.63, 3.8) is 0 Å². The van der Waals surface area contributed by atoms with E-state index in [9.17, 15) is 13.0 Å². The highest BCUT2D eigenvalue weighted by atomic mass is 32.2. The average Bonchev–Trinajstić information content (AvgIpc) is 2.68. The van der Waals surface area contributed by atoms with Crippen LogP contribution in [0, 0.1) is 16.4 Å². The summed E-state index contributed by atoms with van der Waals surface area (Å²) >= 11 is 0. The molecule has 2 heterocycles. The summed E-state index contributed by atoms with van der Waals surface area (Å²) in [4.78, 5) is 8.26. The predicted molar refractivity (Wildman–Crippen MR) is 118 cm³/mol. The van der Waals surface area contributed by atoms with Gasteiger partial charge in [0, 0.05) is 45.8 Å². The molecule has 0 fully saturated rings. The standard InChI is InChI=1S/C22H22F2N4O3S/c1-13-5-6-30-20-9-15(23)3-4-18(20)21-19(24)11-26-22(28-21)27-16-7-14(12-32(2,25)29)8-17(10-16)31-13/h3-4,7-11,13,25H,5-6,12H2,1-2H3,(H,26,27,28)/t13-,32-/m0/s1. The summed E-state index contributed by atoms with van der Waals surface area (Å²) in [5.41, 5.74) is 1.46. The fourth-order valence-corrected chi connectivity index (χ4v) is 4.19. The number of anilines is 2. The molecule has 0 saturated heterocycles. The highest BCUT2D eigenvalue weighted by molar-refractivity contribution is 7.90. The number of fused-ring (bicyclic) bond motifs is 6. The molecule has 2 atom stereocenters. The van der Waals surface area contributed by atoms with Gasteiger partial charge in [-0.1, -0.05) is 0 Å². The first-order valence-corrected chi connectivity index (χ1v) is 12.0. The minimum Gasteiger partial charge on any atom is -0.493 e. The molecule has 3 aromatic rings. The predicted octanol–water partition coefficient (Wildman–Crippen LogP) is 4.89. The lowest BCUT2D eigenvalue weighted by atomic mass is 10.1. The van der Waals surface area contributed by atoms with E-state index >= 15 is 0 Å². The number of nitrogens with one attached hydrogen (secondary N) is 2. The van der Waals surface area contributed by atoms with Gasteiger partial charge >= 0.3 is 0 Å². The molecule has 4 rings (SSSR count). The van der Waals surface area contributed by atoms with Crippen LogP contribution in [-0.4, -0.2) is 33.1 Å². The van der Waals surface area contributed by atoms with Crippen LogP contribution in [0.25, 0.3) is 11.3 Å². The number of hydrogen-bond acceptors (Lipinski definition) is 7. The molecular formula is C22H22F2N4O3S. The fraction of sp³-hybridized carbons (Fsp3) is 0.273. The van der Waals surface area contributed by atoms with Gasteiger partial charge in [-0.05, 0) is 36.8 Å². The summed E-state index contributed by atoms with van der Waals surface area (Å²) < 4.78 is 60.0. The second-order valence-electron chi connectivity index (χ2n) is 7.74. The fourth-order valence-electron chi connectivity index (χ4n) is 3.38. The smallest absolute Gasteiger partial charge is 0.227 e. The Morgan fingerprint density at radius 1 is 1.25 bits per heavy atom. The van der Waals surface area contributed by atoms with E-state index in [1.54, 1.807) is 18.2 Å². The van der Waals surface area contributed by atoms with E-state index in [0.717, 1.165) is 6.20 Å². The second kappa shape index (κ2) is 8.70. The van der Waals surface area contributed by atoms with Crippen LogP contribution in [-0.2, 0) is 15.5 Å². The minimum atomic E-state index is -2.78. The van der Waals surface area contributed by atoms with Gasteiger partial charge in [0.1, 0.15) is 23.0 Å².